The fourth-order valence-electron chi connectivity index (χ4n) is 4.44. The standard InChI is InChI=1S/C28H24O6/c1-15(2)17-6-4-16(5-7-17)12-24-27(31)19-9-11-23-26(28(19)34-24)20(14-25(30)33-23)18-8-10-22(32-3)21(29)13-18/h4-13,15,20,29H,14H2,1-3H3. The summed E-state index contributed by atoms with van der Waals surface area (Å²) in [6.45, 7) is 4.26. The van der Waals surface area contributed by atoms with Crippen molar-refractivity contribution in [3.8, 4) is 23.0 Å². The summed E-state index contributed by atoms with van der Waals surface area (Å²) in [5.74, 6) is 0.618. The zero-order chi connectivity index (χ0) is 24.0. The molecular weight excluding hydrogens is 432 g/mol. The summed E-state index contributed by atoms with van der Waals surface area (Å²) in [7, 11) is 1.47. The number of methoxy groups -OCH3 is 1. The quantitative estimate of drug-likeness (QED) is 0.313. The second-order valence-corrected chi connectivity index (χ2v) is 8.78. The maximum atomic E-state index is 13.1. The maximum Gasteiger partial charge on any atom is 0.312 e. The first-order valence-corrected chi connectivity index (χ1v) is 11.1. The molecule has 1 N–H and O–H groups in total. The molecule has 0 aliphatic carbocycles. The molecule has 0 radical (unpaired) electrons. The monoisotopic (exact) mass is 456 g/mol. The summed E-state index contributed by atoms with van der Waals surface area (Å²) in [6.07, 6.45) is 1.78. The molecular formula is C28H24O6. The molecule has 0 fully saturated rings. The number of ether oxygens (including phenoxy) is 3. The minimum Gasteiger partial charge on any atom is -0.504 e. The van der Waals surface area contributed by atoms with Crippen LogP contribution in [0.15, 0.2) is 60.4 Å². The van der Waals surface area contributed by atoms with E-state index in [-0.39, 0.29) is 23.7 Å². The molecule has 0 spiro atoms. The van der Waals surface area contributed by atoms with E-state index in [1.54, 1.807) is 36.4 Å². The van der Waals surface area contributed by atoms with Crippen LogP contribution in [0.2, 0.25) is 0 Å². The molecule has 34 heavy (non-hydrogen) atoms. The van der Waals surface area contributed by atoms with Gasteiger partial charge in [0, 0.05) is 11.5 Å². The molecule has 2 aliphatic heterocycles. The van der Waals surface area contributed by atoms with Crippen LogP contribution in [0.5, 0.6) is 23.0 Å². The summed E-state index contributed by atoms with van der Waals surface area (Å²) in [4.78, 5) is 25.5. The lowest BCUT2D eigenvalue weighted by Crippen LogP contribution is -2.21. The van der Waals surface area contributed by atoms with Gasteiger partial charge < -0.3 is 19.3 Å². The van der Waals surface area contributed by atoms with E-state index in [0.717, 1.165) is 5.56 Å². The van der Waals surface area contributed by atoms with Crippen molar-refractivity contribution < 1.29 is 28.9 Å². The number of aromatic hydroxyl groups is 1. The molecule has 0 saturated heterocycles. The van der Waals surface area contributed by atoms with Gasteiger partial charge in [-0.25, -0.2) is 0 Å². The van der Waals surface area contributed by atoms with Gasteiger partial charge in [0.1, 0.15) is 11.5 Å². The summed E-state index contributed by atoms with van der Waals surface area (Å²) in [6, 6.07) is 16.2. The number of carbonyl (C=O) groups is 2. The Morgan fingerprint density at radius 1 is 1.03 bits per heavy atom. The number of esters is 1. The Morgan fingerprint density at radius 2 is 1.79 bits per heavy atom. The third-order valence-electron chi connectivity index (χ3n) is 6.29. The smallest absolute Gasteiger partial charge is 0.312 e. The molecule has 2 aliphatic rings. The van der Waals surface area contributed by atoms with Crippen LogP contribution < -0.4 is 14.2 Å². The number of carbonyl (C=O) groups excluding carboxylic acids is 2. The molecule has 0 saturated carbocycles. The van der Waals surface area contributed by atoms with Crippen molar-refractivity contribution in [2.75, 3.05) is 7.11 Å². The van der Waals surface area contributed by atoms with Crippen molar-refractivity contribution in [1.29, 1.82) is 0 Å². The van der Waals surface area contributed by atoms with E-state index in [2.05, 4.69) is 13.8 Å². The van der Waals surface area contributed by atoms with Gasteiger partial charge in [-0.1, -0.05) is 44.2 Å². The largest absolute Gasteiger partial charge is 0.504 e. The van der Waals surface area contributed by atoms with Crippen LogP contribution >= 0.6 is 0 Å². The van der Waals surface area contributed by atoms with Gasteiger partial charge in [-0.05, 0) is 52.9 Å². The first-order chi connectivity index (χ1) is 16.4. The van der Waals surface area contributed by atoms with Gasteiger partial charge in [0.15, 0.2) is 17.3 Å². The van der Waals surface area contributed by atoms with Crippen molar-refractivity contribution in [3.05, 3.63) is 88.2 Å². The van der Waals surface area contributed by atoms with Crippen molar-refractivity contribution >= 4 is 17.8 Å². The number of phenols is 1. The van der Waals surface area contributed by atoms with Crippen LogP contribution in [0, 0.1) is 0 Å². The molecule has 0 bridgehead atoms. The Balaban J connectivity index is 1.56. The molecule has 3 aromatic rings. The molecule has 0 amide bonds. The lowest BCUT2D eigenvalue weighted by atomic mass is 9.84. The third kappa shape index (κ3) is 3.71. The second-order valence-electron chi connectivity index (χ2n) is 8.78. The van der Waals surface area contributed by atoms with Crippen LogP contribution in [-0.2, 0) is 4.79 Å². The van der Waals surface area contributed by atoms with Crippen molar-refractivity contribution in [3.63, 3.8) is 0 Å². The lowest BCUT2D eigenvalue weighted by molar-refractivity contribution is -0.135. The molecule has 5 rings (SSSR count). The summed E-state index contributed by atoms with van der Waals surface area (Å²) >= 11 is 0. The molecule has 3 aromatic carbocycles. The summed E-state index contributed by atoms with van der Waals surface area (Å²) in [5, 5.41) is 10.3. The molecule has 0 aromatic heterocycles. The highest BCUT2D eigenvalue weighted by atomic mass is 16.5. The lowest BCUT2D eigenvalue weighted by Gasteiger charge is -2.26. The van der Waals surface area contributed by atoms with Gasteiger partial charge in [-0.3, -0.25) is 9.59 Å². The van der Waals surface area contributed by atoms with E-state index in [4.69, 9.17) is 14.2 Å². The molecule has 1 unspecified atom stereocenters. The highest BCUT2D eigenvalue weighted by Crippen LogP contribution is 2.49. The van der Waals surface area contributed by atoms with E-state index < -0.39 is 11.9 Å². The maximum absolute atomic E-state index is 13.1. The van der Waals surface area contributed by atoms with E-state index in [0.29, 0.717) is 39.9 Å². The second kappa shape index (κ2) is 8.37. The molecule has 1 atom stereocenters. The minimum absolute atomic E-state index is 0.0320. The Morgan fingerprint density at radius 3 is 2.47 bits per heavy atom. The first-order valence-electron chi connectivity index (χ1n) is 11.1. The predicted octanol–water partition coefficient (Wildman–Crippen LogP) is 5.58. The van der Waals surface area contributed by atoms with Gasteiger partial charge in [0.2, 0.25) is 5.78 Å². The molecule has 2 heterocycles. The minimum atomic E-state index is -0.444. The number of fused-ring (bicyclic) bond motifs is 3. The average Bonchev–Trinajstić information content (AvgIpc) is 3.13. The van der Waals surface area contributed by atoms with Gasteiger partial charge >= 0.3 is 5.97 Å². The SMILES string of the molecule is COc1ccc(C2CC(=O)Oc3ccc4c(c32)OC(=Cc2ccc(C(C)C)cc2)C4=O)cc1O. The van der Waals surface area contributed by atoms with Crippen LogP contribution in [-0.4, -0.2) is 24.0 Å². The van der Waals surface area contributed by atoms with Crippen LogP contribution in [0.3, 0.4) is 0 Å². The first kappa shape index (κ1) is 21.8. The predicted molar refractivity (Wildman–Crippen MR) is 127 cm³/mol. The van der Waals surface area contributed by atoms with Crippen LogP contribution in [0.25, 0.3) is 6.08 Å². The number of hydrogen-bond donors (Lipinski definition) is 1. The van der Waals surface area contributed by atoms with E-state index >= 15 is 0 Å². The van der Waals surface area contributed by atoms with Crippen LogP contribution in [0.4, 0.5) is 0 Å². The van der Waals surface area contributed by atoms with Crippen molar-refractivity contribution in [2.24, 2.45) is 0 Å². The fourth-order valence-corrected chi connectivity index (χ4v) is 4.44. The fraction of sp³-hybridized carbons (Fsp3) is 0.214. The molecule has 6 heteroatoms. The number of rotatable bonds is 4. The Hall–Kier alpha value is -4.06. The Kier molecular flexibility index (Phi) is 5.36. The van der Waals surface area contributed by atoms with E-state index in [9.17, 15) is 14.7 Å². The summed E-state index contributed by atoms with van der Waals surface area (Å²) < 4.78 is 16.7. The van der Waals surface area contributed by atoms with Crippen LogP contribution in [0.1, 0.15) is 64.7 Å². The van der Waals surface area contributed by atoms with Gasteiger partial charge in [-0.15, -0.1) is 0 Å². The van der Waals surface area contributed by atoms with Crippen molar-refractivity contribution in [1.82, 2.24) is 0 Å². The van der Waals surface area contributed by atoms with Gasteiger partial charge in [0.25, 0.3) is 0 Å². The number of allylic oxidation sites excluding steroid dienone is 1. The normalized spacial score (nSPS) is 17.9. The van der Waals surface area contributed by atoms with Gasteiger partial charge in [-0.2, -0.15) is 0 Å². The van der Waals surface area contributed by atoms with E-state index in [1.165, 1.54) is 12.7 Å². The van der Waals surface area contributed by atoms with Crippen molar-refractivity contribution in [2.45, 2.75) is 32.1 Å². The number of phenolic OH excluding ortho intramolecular Hbond substituents is 1. The number of benzene rings is 3. The topological polar surface area (TPSA) is 82.1 Å². The number of hydrogen-bond acceptors (Lipinski definition) is 6. The Labute approximate surface area is 197 Å². The molecule has 172 valence electrons. The third-order valence-corrected chi connectivity index (χ3v) is 6.29. The zero-order valence-electron chi connectivity index (χ0n) is 19.1. The zero-order valence-corrected chi connectivity index (χ0v) is 19.1. The Bertz CT molecular complexity index is 1330. The summed E-state index contributed by atoms with van der Waals surface area (Å²) in [5.41, 5.74) is 3.81. The molecule has 6 nitrogen and oxygen atoms in total. The number of Topliss-reactive ketones (excluding diaryl/α,β-unsaturated/α-hetero) is 1. The van der Waals surface area contributed by atoms with E-state index in [1.807, 2.05) is 24.3 Å². The van der Waals surface area contributed by atoms with Gasteiger partial charge in [0.05, 0.1) is 19.1 Å². The number of ketones is 1. The highest BCUT2D eigenvalue weighted by molar-refractivity contribution is 6.15. The average molecular weight is 456 g/mol. The highest BCUT2D eigenvalue weighted by Gasteiger charge is 2.38.